The summed E-state index contributed by atoms with van der Waals surface area (Å²) in [4.78, 5) is 4.47. The Morgan fingerprint density at radius 3 is 2.86 bits per heavy atom. The van der Waals surface area contributed by atoms with E-state index in [4.69, 9.17) is 23.2 Å². The summed E-state index contributed by atoms with van der Waals surface area (Å²) < 4.78 is 2.14. The standard InChI is InChI=1S/C17H16Cl2N2/c18-15-7-6-14(16(19)11-15)12-21-9-8-20-17(21)10-13-4-2-1-3-5-13/h2,4-9,11H,1,3,10,12H2. The third-order valence-electron chi connectivity index (χ3n) is 3.59. The molecule has 1 aliphatic rings. The van der Waals surface area contributed by atoms with Gasteiger partial charge in [0.25, 0.3) is 0 Å². The number of rotatable bonds is 4. The molecule has 1 aromatic carbocycles. The van der Waals surface area contributed by atoms with Crippen LogP contribution in [-0.2, 0) is 13.0 Å². The third kappa shape index (κ3) is 3.58. The van der Waals surface area contributed by atoms with E-state index in [2.05, 4.69) is 27.8 Å². The third-order valence-corrected chi connectivity index (χ3v) is 4.18. The van der Waals surface area contributed by atoms with Crippen LogP contribution in [0.25, 0.3) is 0 Å². The van der Waals surface area contributed by atoms with Crippen molar-refractivity contribution in [1.29, 1.82) is 0 Å². The van der Waals surface area contributed by atoms with Crippen molar-refractivity contribution in [2.24, 2.45) is 0 Å². The van der Waals surface area contributed by atoms with E-state index in [1.807, 2.05) is 24.5 Å². The fraction of sp³-hybridized carbons (Fsp3) is 0.235. The van der Waals surface area contributed by atoms with Gasteiger partial charge in [-0.05, 0) is 36.1 Å². The van der Waals surface area contributed by atoms with E-state index in [1.54, 1.807) is 6.07 Å². The Bertz CT molecular complexity index is 699. The number of hydrogen-bond donors (Lipinski definition) is 0. The molecule has 2 nitrogen and oxygen atoms in total. The smallest absolute Gasteiger partial charge is 0.113 e. The molecular formula is C17H16Cl2N2. The molecule has 108 valence electrons. The van der Waals surface area contributed by atoms with Crippen molar-refractivity contribution < 1.29 is 0 Å². The average molecular weight is 319 g/mol. The number of benzene rings is 1. The SMILES string of the molecule is Clc1ccc(Cn2ccnc2CC2=CCCC=C2)c(Cl)c1. The van der Waals surface area contributed by atoms with Gasteiger partial charge in [-0.3, -0.25) is 0 Å². The highest BCUT2D eigenvalue weighted by Crippen LogP contribution is 2.23. The second kappa shape index (κ2) is 6.50. The van der Waals surface area contributed by atoms with Gasteiger partial charge < -0.3 is 4.57 Å². The van der Waals surface area contributed by atoms with Gasteiger partial charge in [-0.25, -0.2) is 4.98 Å². The number of nitrogens with zero attached hydrogens (tertiary/aromatic N) is 2. The van der Waals surface area contributed by atoms with Gasteiger partial charge in [-0.2, -0.15) is 0 Å². The molecule has 0 aliphatic heterocycles. The van der Waals surface area contributed by atoms with E-state index in [1.165, 1.54) is 5.57 Å². The van der Waals surface area contributed by atoms with Gasteiger partial charge in [-0.1, -0.05) is 47.5 Å². The molecule has 0 atom stereocenters. The van der Waals surface area contributed by atoms with Gasteiger partial charge in [0.1, 0.15) is 5.82 Å². The maximum atomic E-state index is 6.25. The molecule has 2 aromatic rings. The lowest BCUT2D eigenvalue weighted by Crippen LogP contribution is -2.06. The first-order chi connectivity index (χ1) is 10.2. The Morgan fingerprint density at radius 1 is 1.19 bits per heavy atom. The molecule has 0 spiro atoms. The first kappa shape index (κ1) is 14.4. The predicted octanol–water partition coefficient (Wildman–Crippen LogP) is 5.06. The molecule has 0 radical (unpaired) electrons. The fourth-order valence-electron chi connectivity index (χ4n) is 2.47. The second-order valence-corrected chi connectivity index (χ2v) is 5.99. The number of imidazole rings is 1. The first-order valence-electron chi connectivity index (χ1n) is 7.02. The van der Waals surface area contributed by atoms with Crippen LogP contribution >= 0.6 is 23.2 Å². The topological polar surface area (TPSA) is 17.8 Å². The van der Waals surface area contributed by atoms with Crippen LogP contribution < -0.4 is 0 Å². The largest absolute Gasteiger partial charge is 0.330 e. The van der Waals surface area contributed by atoms with E-state index in [-0.39, 0.29) is 0 Å². The van der Waals surface area contributed by atoms with Crippen molar-refractivity contribution in [1.82, 2.24) is 9.55 Å². The van der Waals surface area contributed by atoms with Gasteiger partial charge in [0.15, 0.2) is 0 Å². The monoisotopic (exact) mass is 318 g/mol. The molecule has 0 bridgehead atoms. The van der Waals surface area contributed by atoms with Gasteiger partial charge in [0.2, 0.25) is 0 Å². The van der Waals surface area contributed by atoms with Crippen LogP contribution in [0.3, 0.4) is 0 Å². The normalized spacial score (nSPS) is 14.3. The number of hydrogen-bond acceptors (Lipinski definition) is 1. The van der Waals surface area contributed by atoms with Crippen LogP contribution in [0.4, 0.5) is 0 Å². The van der Waals surface area contributed by atoms with Crippen LogP contribution in [-0.4, -0.2) is 9.55 Å². The lowest BCUT2D eigenvalue weighted by molar-refractivity contribution is 0.738. The Morgan fingerprint density at radius 2 is 2.10 bits per heavy atom. The summed E-state index contributed by atoms with van der Waals surface area (Å²) in [7, 11) is 0. The quantitative estimate of drug-likeness (QED) is 0.770. The minimum Gasteiger partial charge on any atom is -0.330 e. The molecule has 4 heteroatoms. The number of aromatic nitrogens is 2. The maximum Gasteiger partial charge on any atom is 0.113 e. The molecule has 0 N–H and O–H groups in total. The number of allylic oxidation sites excluding steroid dienone is 4. The molecule has 1 aromatic heterocycles. The van der Waals surface area contributed by atoms with Crippen LogP contribution in [0.5, 0.6) is 0 Å². The predicted molar refractivity (Wildman–Crippen MR) is 88.0 cm³/mol. The first-order valence-corrected chi connectivity index (χ1v) is 7.77. The molecule has 1 heterocycles. The fourth-order valence-corrected chi connectivity index (χ4v) is 2.93. The molecule has 0 saturated carbocycles. The average Bonchev–Trinajstić information content (AvgIpc) is 2.90. The summed E-state index contributed by atoms with van der Waals surface area (Å²) >= 11 is 12.2. The molecule has 1 aliphatic carbocycles. The highest BCUT2D eigenvalue weighted by Gasteiger charge is 2.08. The summed E-state index contributed by atoms with van der Waals surface area (Å²) in [6.07, 6.45) is 13.6. The number of halogens is 2. The summed E-state index contributed by atoms with van der Waals surface area (Å²) in [5, 5.41) is 1.35. The molecular weight excluding hydrogens is 303 g/mol. The van der Waals surface area contributed by atoms with E-state index in [9.17, 15) is 0 Å². The summed E-state index contributed by atoms with van der Waals surface area (Å²) in [6, 6.07) is 5.61. The van der Waals surface area contributed by atoms with Crippen molar-refractivity contribution in [3.05, 3.63) is 75.8 Å². The van der Waals surface area contributed by atoms with Crippen LogP contribution in [0.15, 0.2) is 54.4 Å². The highest BCUT2D eigenvalue weighted by atomic mass is 35.5. The van der Waals surface area contributed by atoms with Crippen molar-refractivity contribution in [2.75, 3.05) is 0 Å². The zero-order valence-electron chi connectivity index (χ0n) is 11.6. The lowest BCUT2D eigenvalue weighted by Gasteiger charge is -2.11. The summed E-state index contributed by atoms with van der Waals surface area (Å²) in [6.45, 7) is 0.711. The lowest BCUT2D eigenvalue weighted by atomic mass is 10.0. The summed E-state index contributed by atoms with van der Waals surface area (Å²) in [5.74, 6) is 1.05. The Labute approximate surface area is 134 Å². The molecule has 0 saturated heterocycles. The Hall–Kier alpha value is -1.51. The van der Waals surface area contributed by atoms with Crippen molar-refractivity contribution in [3.8, 4) is 0 Å². The van der Waals surface area contributed by atoms with Crippen LogP contribution in [0.2, 0.25) is 10.0 Å². The minimum absolute atomic E-state index is 0.659. The van der Waals surface area contributed by atoms with Gasteiger partial charge in [-0.15, -0.1) is 0 Å². The van der Waals surface area contributed by atoms with E-state index in [0.29, 0.717) is 16.6 Å². The highest BCUT2D eigenvalue weighted by molar-refractivity contribution is 6.35. The molecule has 0 amide bonds. The van der Waals surface area contributed by atoms with Gasteiger partial charge in [0.05, 0.1) is 6.54 Å². The van der Waals surface area contributed by atoms with Crippen LogP contribution in [0, 0.1) is 0 Å². The van der Waals surface area contributed by atoms with Crippen LogP contribution in [0.1, 0.15) is 24.2 Å². The van der Waals surface area contributed by atoms with E-state index < -0.39 is 0 Å². The van der Waals surface area contributed by atoms with E-state index in [0.717, 1.165) is 30.7 Å². The van der Waals surface area contributed by atoms with Crippen molar-refractivity contribution in [2.45, 2.75) is 25.8 Å². The van der Waals surface area contributed by atoms with Gasteiger partial charge in [0, 0.05) is 28.9 Å². The zero-order valence-corrected chi connectivity index (χ0v) is 13.1. The molecule has 3 rings (SSSR count). The second-order valence-electron chi connectivity index (χ2n) is 5.14. The zero-order chi connectivity index (χ0) is 14.7. The Kier molecular flexibility index (Phi) is 4.47. The van der Waals surface area contributed by atoms with E-state index >= 15 is 0 Å². The molecule has 0 unspecified atom stereocenters. The maximum absolute atomic E-state index is 6.25. The minimum atomic E-state index is 0.659. The molecule has 0 fully saturated rings. The summed E-state index contributed by atoms with van der Waals surface area (Å²) in [5.41, 5.74) is 2.38. The Balaban J connectivity index is 1.79. The van der Waals surface area contributed by atoms with Crippen molar-refractivity contribution in [3.63, 3.8) is 0 Å². The van der Waals surface area contributed by atoms with Crippen molar-refractivity contribution >= 4 is 23.2 Å². The molecule has 21 heavy (non-hydrogen) atoms. The van der Waals surface area contributed by atoms with Gasteiger partial charge >= 0.3 is 0 Å².